The van der Waals surface area contributed by atoms with E-state index in [1.807, 2.05) is 0 Å². The Morgan fingerprint density at radius 1 is 0.952 bits per heavy atom. The molecule has 4 aliphatic carbocycles. The molecule has 5 nitrogen and oxygen atoms in total. The summed E-state index contributed by atoms with van der Waals surface area (Å²) in [4.78, 5) is 23.6. The molecule has 118 valence electrons. The van der Waals surface area contributed by atoms with Gasteiger partial charge in [0.05, 0.1) is 13.2 Å². The maximum absolute atomic E-state index is 12.2. The summed E-state index contributed by atoms with van der Waals surface area (Å²) in [5.41, 5.74) is 0.223. The van der Waals surface area contributed by atoms with Crippen LogP contribution in [0.25, 0.3) is 0 Å². The predicted octanol–water partition coefficient (Wildman–Crippen LogP) is 0.818. The van der Waals surface area contributed by atoms with E-state index in [0.717, 1.165) is 17.8 Å². The second-order valence-electron chi connectivity index (χ2n) is 7.44. The molecule has 0 atom stereocenters. The maximum Gasteiger partial charge on any atom is 0.239 e. The van der Waals surface area contributed by atoms with E-state index in [4.69, 9.17) is 5.11 Å². The van der Waals surface area contributed by atoms with Crippen molar-refractivity contribution in [1.29, 1.82) is 0 Å². The predicted molar refractivity (Wildman–Crippen MR) is 78.3 cm³/mol. The third-order valence-corrected chi connectivity index (χ3v) is 5.58. The molecule has 0 heterocycles. The zero-order chi connectivity index (χ0) is 14.9. The Balaban J connectivity index is 1.48. The van der Waals surface area contributed by atoms with Gasteiger partial charge in [0.25, 0.3) is 0 Å². The van der Waals surface area contributed by atoms with Crippen LogP contribution in [0.15, 0.2) is 0 Å². The number of amides is 2. The Kier molecular flexibility index (Phi) is 4.20. The molecule has 5 heteroatoms. The Labute approximate surface area is 125 Å². The monoisotopic (exact) mass is 294 g/mol. The van der Waals surface area contributed by atoms with Crippen LogP contribution in [-0.4, -0.2) is 36.6 Å². The van der Waals surface area contributed by atoms with E-state index >= 15 is 0 Å². The van der Waals surface area contributed by atoms with Crippen LogP contribution < -0.4 is 10.6 Å². The van der Waals surface area contributed by atoms with E-state index in [-0.39, 0.29) is 36.9 Å². The number of hydrogen-bond donors (Lipinski definition) is 3. The van der Waals surface area contributed by atoms with Gasteiger partial charge in [-0.25, -0.2) is 0 Å². The van der Waals surface area contributed by atoms with Crippen molar-refractivity contribution >= 4 is 11.8 Å². The number of aliphatic hydroxyl groups excluding tert-OH is 1. The van der Waals surface area contributed by atoms with Gasteiger partial charge in [-0.2, -0.15) is 0 Å². The van der Waals surface area contributed by atoms with Crippen LogP contribution in [0.1, 0.15) is 44.9 Å². The SMILES string of the molecule is O=C(CNC(=O)CC12CC3CC(CC(C3)C1)C2)NCCO. The van der Waals surface area contributed by atoms with Gasteiger partial charge in [0.1, 0.15) is 0 Å². The van der Waals surface area contributed by atoms with Crippen molar-refractivity contribution < 1.29 is 14.7 Å². The fraction of sp³-hybridized carbons (Fsp3) is 0.875. The summed E-state index contributed by atoms with van der Waals surface area (Å²) >= 11 is 0. The molecule has 4 fully saturated rings. The van der Waals surface area contributed by atoms with E-state index in [2.05, 4.69) is 10.6 Å². The molecule has 0 radical (unpaired) electrons. The largest absolute Gasteiger partial charge is 0.395 e. The third-order valence-electron chi connectivity index (χ3n) is 5.58. The fourth-order valence-electron chi connectivity index (χ4n) is 5.35. The van der Waals surface area contributed by atoms with Crippen molar-refractivity contribution in [2.24, 2.45) is 23.2 Å². The van der Waals surface area contributed by atoms with Gasteiger partial charge in [-0.05, 0) is 61.7 Å². The highest BCUT2D eigenvalue weighted by atomic mass is 16.3. The van der Waals surface area contributed by atoms with Crippen LogP contribution in [0, 0.1) is 23.2 Å². The molecule has 2 amide bonds. The van der Waals surface area contributed by atoms with Crippen LogP contribution in [0.4, 0.5) is 0 Å². The summed E-state index contributed by atoms with van der Waals surface area (Å²) in [5, 5.41) is 13.9. The number of hydrogen-bond acceptors (Lipinski definition) is 3. The summed E-state index contributed by atoms with van der Waals surface area (Å²) in [5.74, 6) is 2.31. The second-order valence-corrected chi connectivity index (χ2v) is 7.44. The van der Waals surface area contributed by atoms with E-state index in [0.29, 0.717) is 6.42 Å². The molecular formula is C16H26N2O3. The minimum absolute atomic E-state index is 0.0103. The smallest absolute Gasteiger partial charge is 0.239 e. The van der Waals surface area contributed by atoms with E-state index in [1.54, 1.807) is 0 Å². The van der Waals surface area contributed by atoms with Crippen LogP contribution in [0.2, 0.25) is 0 Å². The molecule has 4 bridgehead atoms. The van der Waals surface area contributed by atoms with Gasteiger partial charge in [-0.3, -0.25) is 9.59 Å². The first-order chi connectivity index (χ1) is 10.1. The highest BCUT2D eigenvalue weighted by Gasteiger charge is 2.51. The normalized spacial score (nSPS) is 36.5. The fourth-order valence-corrected chi connectivity index (χ4v) is 5.35. The van der Waals surface area contributed by atoms with Crippen LogP contribution >= 0.6 is 0 Å². The summed E-state index contributed by atoms with van der Waals surface area (Å²) in [7, 11) is 0. The molecule has 4 aliphatic rings. The summed E-state index contributed by atoms with van der Waals surface area (Å²) < 4.78 is 0. The van der Waals surface area contributed by atoms with Crippen molar-refractivity contribution in [2.45, 2.75) is 44.9 Å². The Bertz CT molecular complexity index is 386. The quantitative estimate of drug-likeness (QED) is 0.678. The average Bonchev–Trinajstić information content (AvgIpc) is 2.40. The number of nitrogens with one attached hydrogen (secondary N) is 2. The summed E-state index contributed by atoms with van der Waals surface area (Å²) in [6.45, 7) is 0.182. The minimum Gasteiger partial charge on any atom is -0.395 e. The van der Waals surface area contributed by atoms with Crippen molar-refractivity contribution in [1.82, 2.24) is 10.6 Å². The lowest BCUT2D eigenvalue weighted by molar-refractivity contribution is -0.131. The highest BCUT2D eigenvalue weighted by molar-refractivity contribution is 5.84. The lowest BCUT2D eigenvalue weighted by Crippen LogP contribution is -2.48. The molecule has 0 unspecified atom stereocenters. The van der Waals surface area contributed by atoms with E-state index < -0.39 is 0 Å². The van der Waals surface area contributed by atoms with E-state index in [1.165, 1.54) is 38.5 Å². The highest BCUT2D eigenvalue weighted by Crippen LogP contribution is 2.61. The molecule has 0 spiro atoms. The first kappa shape index (κ1) is 14.8. The van der Waals surface area contributed by atoms with Crippen molar-refractivity contribution in [3.63, 3.8) is 0 Å². The van der Waals surface area contributed by atoms with Crippen LogP contribution in [0.3, 0.4) is 0 Å². The van der Waals surface area contributed by atoms with Gasteiger partial charge >= 0.3 is 0 Å². The molecule has 0 aromatic heterocycles. The average molecular weight is 294 g/mol. The lowest BCUT2D eigenvalue weighted by Gasteiger charge is -2.56. The molecular weight excluding hydrogens is 268 g/mol. The maximum atomic E-state index is 12.2. The zero-order valence-electron chi connectivity index (χ0n) is 12.6. The van der Waals surface area contributed by atoms with Crippen molar-refractivity contribution in [3.05, 3.63) is 0 Å². The first-order valence-corrected chi connectivity index (χ1v) is 8.23. The number of carbonyl (C=O) groups excluding carboxylic acids is 2. The summed E-state index contributed by atoms with van der Waals surface area (Å²) in [6.07, 6.45) is 8.36. The molecule has 0 aromatic carbocycles. The van der Waals surface area contributed by atoms with Crippen molar-refractivity contribution in [2.75, 3.05) is 19.7 Å². The standard InChI is InChI=1S/C16H26N2O3/c19-2-1-17-15(21)10-18-14(20)9-16-6-11-3-12(7-16)5-13(4-11)8-16/h11-13,19H,1-10H2,(H,17,21)(H,18,20). The Morgan fingerprint density at radius 2 is 1.52 bits per heavy atom. The van der Waals surface area contributed by atoms with Crippen LogP contribution in [-0.2, 0) is 9.59 Å². The molecule has 3 N–H and O–H groups in total. The van der Waals surface area contributed by atoms with Crippen LogP contribution in [0.5, 0.6) is 0 Å². The van der Waals surface area contributed by atoms with Crippen molar-refractivity contribution in [3.8, 4) is 0 Å². The number of carbonyl (C=O) groups is 2. The third kappa shape index (κ3) is 3.39. The molecule has 0 aliphatic heterocycles. The molecule has 0 aromatic rings. The molecule has 21 heavy (non-hydrogen) atoms. The second kappa shape index (κ2) is 5.95. The lowest BCUT2D eigenvalue weighted by atomic mass is 9.49. The van der Waals surface area contributed by atoms with Gasteiger partial charge in [0.2, 0.25) is 11.8 Å². The van der Waals surface area contributed by atoms with Gasteiger partial charge in [0, 0.05) is 13.0 Å². The number of rotatable bonds is 6. The van der Waals surface area contributed by atoms with Gasteiger partial charge < -0.3 is 15.7 Å². The minimum atomic E-state index is -0.233. The topological polar surface area (TPSA) is 78.4 Å². The van der Waals surface area contributed by atoms with E-state index in [9.17, 15) is 9.59 Å². The molecule has 4 rings (SSSR count). The van der Waals surface area contributed by atoms with Gasteiger partial charge in [-0.1, -0.05) is 0 Å². The molecule has 4 saturated carbocycles. The van der Waals surface area contributed by atoms with Gasteiger partial charge in [-0.15, -0.1) is 0 Å². The zero-order valence-corrected chi connectivity index (χ0v) is 12.6. The Hall–Kier alpha value is -1.10. The summed E-state index contributed by atoms with van der Waals surface area (Å²) in [6, 6.07) is 0. The Morgan fingerprint density at radius 3 is 2.05 bits per heavy atom. The molecule has 0 saturated heterocycles. The number of aliphatic hydroxyl groups is 1. The van der Waals surface area contributed by atoms with Gasteiger partial charge in [0.15, 0.2) is 0 Å². The first-order valence-electron chi connectivity index (χ1n) is 8.23.